The average Bonchev–Trinajstić information content (AvgIpc) is 3.94. The van der Waals surface area contributed by atoms with E-state index in [-0.39, 0.29) is 7.25 Å². The van der Waals surface area contributed by atoms with Crippen molar-refractivity contribution in [1.29, 1.82) is 0 Å². The van der Waals surface area contributed by atoms with E-state index in [9.17, 15) is 17.0 Å². The van der Waals surface area contributed by atoms with Gasteiger partial charge in [0, 0.05) is 0 Å². The van der Waals surface area contributed by atoms with E-state index in [4.69, 9.17) is 0 Å². The summed E-state index contributed by atoms with van der Waals surface area (Å²) in [4.78, 5) is 0. The minimum absolute atomic E-state index is 0.150. The van der Waals surface area contributed by atoms with Gasteiger partial charge in [0.25, 0.3) is 0 Å². The molecule has 0 N–H and O–H groups in total. The minimum atomic E-state index is -5.02. The van der Waals surface area contributed by atoms with Gasteiger partial charge in [-0.05, 0) is 0 Å². The van der Waals surface area contributed by atoms with Crippen LogP contribution >= 0.6 is 17.0 Å². The second-order valence-electron chi connectivity index (χ2n) is 18.3. The zero-order valence-electron chi connectivity index (χ0n) is 33.7. The summed E-state index contributed by atoms with van der Waals surface area (Å²) < 4.78 is 0.300. The number of allylic oxidation sites excluding steroid dienone is 2. The quantitative estimate of drug-likeness (QED) is 0.132. The Morgan fingerprint density at radius 2 is 0.981 bits per heavy atom. The molecule has 4 aliphatic rings. The molecule has 0 radical (unpaired) electrons. The SMILES string of the molecule is CCC[SiH](C)[Zr]([Cl])([Cl])([CH]1C(CC2CCCC2)=Cc2c(-c3cc(C)cc(C)c3)cccc21)[CH]1C(CC2CCCC2)=Cc2c(-c3cc(C)cc(C)c3)cccc21. The summed E-state index contributed by atoms with van der Waals surface area (Å²) in [5, 5.41) is 0. The Kier molecular flexibility index (Phi) is 11.1. The molecule has 4 aliphatic carbocycles. The molecule has 4 aromatic rings. The van der Waals surface area contributed by atoms with E-state index in [1.54, 1.807) is 11.1 Å². The van der Waals surface area contributed by atoms with Crippen LogP contribution in [0, 0.1) is 39.5 Å². The molecule has 0 saturated heterocycles. The average molecular weight is 852 g/mol. The second-order valence-corrected chi connectivity index (χ2v) is 59.6. The van der Waals surface area contributed by atoms with Crippen LogP contribution in [0.3, 0.4) is 0 Å². The number of halogens is 2. The number of aryl methyl sites for hydroxylation is 4. The molecule has 4 heteroatoms. The third-order valence-electron chi connectivity index (χ3n) is 14.1. The van der Waals surface area contributed by atoms with Crippen molar-refractivity contribution in [2.24, 2.45) is 11.8 Å². The molecule has 2 fully saturated rings. The fourth-order valence-electron chi connectivity index (χ4n) is 11.9. The summed E-state index contributed by atoms with van der Waals surface area (Å²) in [6, 6.07) is 29.6. The van der Waals surface area contributed by atoms with Gasteiger partial charge in [0.2, 0.25) is 0 Å². The van der Waals surface area contributed by atoms with Crippen molar-refractivity contribution in [3.63, 3.8) is 0 Å². The van der Waals surface area contributed by atoms with Crippen LogP contribution in [-0.2, 0) is 15.6 Å². The number of hydrogen-bond acceptors (Lipinski definition) is 0. The maximum atomic E-state index is 9.21. The Labute approximate surface area is 335 Å². The summed E-state index contributed by atoms with van der Waals surface area (Å²) in [6.45, 7) is 13.9. The summed E-state index contributed by atoms with van der Waals surface area (Å²) in [5.74, 6) is -0.235. The van der Waals surface area contributed by atoms with Gasteiger partial charge in [0.1, 0.15) is 0 Å². The molecule has 8 rings (SSSR count). The van der Waals surface area contributed by atoms with Crippen molar-refractivity contribution in [3.8, 4) is 22.3 Å². The summed E-state index contributed by atoms with van der Waals surface area (Å²) in [6.07, 6.45) is 19.5. The van der Waals surface area contributed by atoms with Crippen molar-refractivity contribution in [1.82, 2.24) is 0 Å². The van der Waals surface area contributed by atoms with E-state index in [2.05, 4.69) is 126 Å². The molecule has 0 aliphatic heterocycles. The fourth-order valence-corrected chi connectivity index (χ4v) is 53.1. The molecule has 2 saturated carbocycles. The van der Waals surface area contributed by atoms with Gasteiger partial charge in [-0.2, -0.15) is 0 Å². The van der Waals surface area contributed by atoms with E-state index in [0.29, 0.717) is 0 Å². The van der Waals surface area contributed by atoms with Crippen molar-refractivity contribution in [2.45, 2.75) is 125 Å². The molecule has 4 aromatic carbocycles. The molecule has 283 valence electrons. The Bertz CT molecular complexity index is 1940. The first-order valence-corrected chi connectivity index (χ1v) is 37.3. The predicted octanol–water partition coefficient (Wildman–Crippen LogP) is 15.8. The van der Waals surface area contributed by atoms with E-state index < -0.39 is 21.5 Å². The third-order valence-corrected chi connectivity index (χ3v) is 64.6. The molecular weight excluding hydrogens is 791 g/mol. The summed E-state index contributed by atoms with van der Waals surface area (Å²) in [5.41, 5.74) is 19.5. The molecular formula is C50H61Cl2SiZr. The van der Waals surface area contributed by atoms with E-state index in [0.717, 1.165) is 31.1 Å². The summed E-state index contributed by atoms with van der Waals surface area (Å²) in [7, 11) is 18.4. The van der Waals surface area contributed by atoms with Crippen LogP contribution in [-0.4, -0.2) is 5.92 Å². The number of hydrogen-bond donors (Lipinski definition) is 0. The Hall–Kier alpha value is -1.96. The molecule has 0 aromatic heterocycles. The van der Waals surface area contributed by atoms with Crippen LogP contribution in [0.15, 0.2) is 83.9 Å². The first kappa shape index (κ1) is 38.9. The maximum absolute atomic E-state index is 9.21. The van der Waals surface area contributed by atoms with Gasteiger partial charge in [-0.15, -0.1) is 0 Å². The van der Waals surface area contributed by atoms with Crippen LogP contribution < -0.4 is 0 Å². The molecule has 0 amide bonds. The molecule has 0 spiro atoms. The molecule has 0 heterocycles. The van der Waals surface area contributed by atoms with E-state index in [1.807, 2.05) is 0 Å². The standard InChI is InChI=1S/2C23H25.C4H11Si.2ClH.Zr/c2*1-16-10-17(2)12-21(11-16)22-9-5-8-20-14-19(15-23(20)22)13-18-6-3-4-7-18;1-3-4-5-2;;;/h2*5,8-12,14-15,18H,3-4,6-7,13H2,1-2H3;5H,3-4H2,1-2H3;2*1H;/q;;;;;+2/p-2. The normalized spacial score (nSPS) is 21.4. The van der Waals surface area contributed by atoms with Crippen LogP contribution in [0.25, 0.3) is 34.4 Å². The van der Waals surface area contributed by atoms with Gasteiger partial charge < -0.3 is 0 Å². The van der Waals surface area contributed by atoms with Crippen molar-refractivity contribution in [3.05, 3.63) is 128 Å². The molecule has 3 unspecified atom stereocenters. The van der Waals surface area contributed by atoms with Crippen molar-refractivity contribution in [2.75, 3.05) is 0 Å². The number of rotatable bonds is 11. The molecule has 0 bridgehead atoms. The Morgan fingerprint density at radius 1 is 0.593 bits per heavy atom. The van der Waals surface area contributed by atoms with Crippen LogP contribution in [0.5, 0.6) is 0 Å². The first-order chi connectivity index (χ1) is 25.9. The topological polar surface area (TPSA) is 0 Å². The van der Waals surface area contributed by atoms with E-state index in [1.165, 1.54) is 124 Å². The zero-order chi connectivity index (χ0) is 37.8. The molecule has 0 nitrogen and oxygen atoms in total. The van der Waals surface area contributed by atoms with Crippen molar-refractivity contribution >= 4 is 35.1 Å². The van der Waals surface area contributed by atoms with Gasteiger partial charge in [0.05, 0.1) is 0 Å². The third kappa shape index (κ3) is 7.01. The van der Waals surface area contributed by atoms with Gasteiger partial charge in [-0.1, -0.05) is 0 Å². The van der Waals surface area contributed by atoms with Gasteiger partial charge in [-0.25, -0.2) is 0 Å². The van der Waals surface area contributed by atoms with Gasteiger partial charge in [-0.3, -0.25) is 0 Å². The van der Waals surface area contributed by atoms with Crippen molar-refractivity contribution < 1.29 is 15.6 Å². The Balaban J connectivity index is 1.37. The van der Waals surface area contributed by atoms with Gasteiger partial charge in [0.15, 0.2) is 0 Å². The van der Waals surface area contributed by atoms with Gasteiger partial charge >= 0.3 is 338 Å². The van der Waals surface area contributed by atoms with Crippen LogP contribution in [0.2, 0.25) is 12.6 Å². The van der Waals surface area contributed by atoms with Crippen LogP contribution in [0.4, 0.5) is 0 Å². The predicted molar refractivity (Wildman–Crippen MR) is 237 cm³/mol. The zero-order valence-corrected chi connectivity index (χ0v) is 38.8. The second kappa shape index (κ2) is 15.4. The Morgan fingerprint density at radius 3 is 1.35 bits per heavy atom. The fraction of sp³-hybridized carbons (Fsp3) is 0.440. The van der Waals surface area contributed by atoms with E-state index >= 15 is 0 Å². The first-order valence-electron chi connectivity index (χ1n) is 21.4. The summed E-state index contributed by atoms with van der Waals surface area (Å²) >= 11 is -5.02. The van der Waals surface area contributed by atoms with Crippen LogP contribution in [0.1, 0.15) is 129 Å². The number of benzene rings is 4. The monoisotopic (exact) mass is 849 g/mol. The molecule has 3 atom stereocenters. The molecule has 54 heavy (non-hydrogen) atoms. The number of fused-ring (bicyclic) bond motifs is 2.